The molecule has 0 aliphatic rings. The maximum absolute atomic E-state index is 9.47. The first-order valence-electron chi connectivity index (χ1n) is 8.17. The summed E-state index contributed by atoms with van der Waals surface area (Å²) in [6.45, 7) is 0. The lowest BCUT2D eigenvalue weighted by molar-refractivity contribution is 0.403. The van der Waals surface area contributed by atoms with Crippen molar-refractivity contribution in [2.24, 2.45) is 10.2 Å². The lowest BCUT2D eigenvalue weighted by Crippen LogP contribution is -2.03. The zero-order valence-corrected chi connectivity index (χ0v) is 14.9. The minimum absolute atomic E-state index is 0.0209. The second-order valence-electron chi connectivity index (χ2n) is 5.73. The molecule has 3 aromatic rings. The summed E-state index contributed by atoms with van der Waals surface area (Å²) < 4.78 is 0. The summed E-state index contributed by atoms with van der Waals surface area (Å²) in [7, 11) is 0. The molecule has 0 amide bonds. The number of nitrogen functional groups attached to an aromatic ring is 1. The van der Waals surface area contributed by atoms with Gasteiger partial charge in [-0.1, -0.05) is 0 Å². The quantitative estimate of drug-likeness (QED) is 0.186. The molecular weight excluding hydrogens is 378 g/mol. The summed E-state index contributed by atoms with van der Waals surface area (Å²) >= 11 is 0. The first kappa shape index (κ1) is 19.2. The fourth-order valence-electron chi connectivity index (χ4n) is 2.17. The fourth-order valence-corrected chi connectivity index (χ4v) is 2.17. The molecule has 0 bridgehead atoms. The highest BCUT2D eigenvalue weighted by atomic mass is 16.3. The highest BCUT2D eigenvalue weighted by Gasteiger charge is 2.02. The smallest absolute Gasteiger partial charge is 0.224 e. The van der Waals surface area contributed by atoms with E-state index in [0.717, 1.165) is 0 Å². The van der Waals surface area contributed by atoms with Gasteiger partial charge < -0.3 is 26.2 Å². The molecular formula is C18H17N7O4. The molecule has 0 aliphatic heterocycles. The number of aromatic hydroxyl groups is 4. The summed E-state index contributed by atoms with van der Waals surface area (Å²) in [5.41, 5.74) is 12.1. The van der Waals surface area contributed by atoms with E-state index in [-0.39, 0.29) is 40.6 Å². The van der Waals surface area contributed by atoms with Crippen LogP contribution in [0.5, 0.6) is 23.0 Å². The van der Waals surface area contributed by atoms with Crippen molar-refractivity contribution in [2.75, 3.05) is 16.6 Å². The highest BCUT2D eigenvalue weighted by molar-refractivity contribution is 5.82. The van der Waals surface area contributed by atoms with Gasteiger partial charge in [0.25, 0.3) is 0 Å². The third-order valence-corrected chi connectivity index (χ3v) is 3.53. The highest BCUT2D eigenvalue weighted by Crippen LogP contribution is 2.25. The van der Waals surface area contributed by atoms with E-state index in [1.165, 1.54) is 42.8 Å². The number of nitrogens with zero attached hydrogens (tertiary/aromatic N) is 4. The van der Waals surface area contributed by atoms with Crippen LogP contribution in [0.4, 0.5) is 17.6 Å². The summed E-state index contributed by atoms with van der Waals surface area (Å²) in [6, 6.07) is 10.0. The molecule has 8 N–H and O–H groups in total. The van der Waals surface area contributed by atoms with Crippen LogP contribution < -0.4 is 16.6 Å². The Balaban J connectivity index is 1.65. The lowest BCUT2D eigenvalue weighted by Gasteiger charge is -2.05. The summed E-state index contributed by atoms with van der Waals surface area (Å²) in [6.07, 6.45) is 2.83. The van der Waals surface area contributed by atoms with Gasteiger partial charge in [-0.3, -0.25) is 10.9 Å². The van der Waals surface area contributed by atoms with Gasteiger partial charge in [0, 0.05) is 6.07 Å². The number of hydrogen-bond donors (Lipinski definition) is 7. The van der Waals surface area contributed by atoms with Crippen LogP contribution in [0.3, 0.4) is 0 Å². The molecule has 148 valence electrons. The number of phenols is 4. The van der Waals surface area contributed by atoms with Gasteiger partial charge in [0.1, 0.15) is 0 Å². The van der Waals surface area contributed by atoms with Gasteiger partial charge in [0.2, 0.25) is 5.95 Å². The minimum atomic E-state index is -0.258. The maximum Gasteiger partial charge on any atom is 0.224 e. The number of nitrogens with two attached hydrogens (primary N) is 1. The van der Waals surface area contributed by atoms with Crippen LogP contribution in [0, 0.1) is 0 Å². The van der Waals surface area contributed by atoms with Gasteiger partial charge in [-0.2, -0.15) is 20.2 Å². The molecule has 3 rings (SSSR count). The van der Waals surface area contributed by atoms with E-state index in [0.29, 0.717) is 11.1 Å². The molecule has 11 heteroatoms. The van der Waals surface area contributed by atoms with Crippen LogP contribution in [-0.2, 0) is 0 Å². The topological polar surface area (TPSA) is 182 Å². The second-order valence-corrected chi connectivity index (χ2v) is 5.73. The number of anilines is 3. The van der Waals surface area contributed by atoms with Crippen LogP contribution >= 0.6 is 0 Å². The number of rotatable bonds is 6. The average Bonchev–Trinajstić information content (AvgIpc) is 2.67. The van der Waals surface area contributed by atoms with E-state index < -0.39 is 0 Å². The van der Waals surface area contributed by atoms with Crippen molar-refractivity contribution in [3.8, 4) is 23.0 Å². The van der Waals surface area contributed by atoms with Crippen molar-refractivity contribution in [3.63, 3.8) is 0 Å². The Morgan fingerprint density at radius 2 is 1.14 bits per heavy atom. The normalized spacial score (nSPS) is 11.2. The number of aromatic nitrogens is 2. The molecule has 2 aromatic carbocycles. The Kier molecular flexibility index (Phi) is 5.59. The van der Waals surface area contributed by atoms with Crippen molar-refractivity contribution in [1.29, 1.82) is 0 Å². The molecule has 0 atom stereocenters. The Hall–Kier alpha value is -4.54. The lowest BCUT2D eigenvalue weighted by atomic mass is 10.2. The SMILES string of the molecule is Nc1nc(N/N=C/c2ccc(O)c(O)c2)cc(N/N=C/c2ccc(O)c(O)c2)n1. The van der Waals surface area contributed by atoms with Gasteiger partial charge in [-0.05, 0) is 47.5 Å². The number of nitrogens with one attached hydrogen (secondary N) is 2. The van der Waals surface area contributed by atoms with Crippen molar-refractivity contribution in [1.82, 2.24) is 9.97 Å². The Bertz CT molecular complexity index is 1000. The number of benzene rings is 2. The molecule has 29 heavy (non-hydrogen) atoms. The van der Waals surface area contributed by atoms with Gasteiger partial charge in [0.15, 0.2) is 34.6 Å². The summed E-state index contributed by atoms with van der Waals surface area (Å²) in [5, 5.41) is 45.5. The number of hydrazone groups is 2. The fraction of sp³-hybridized carbons (Fsp3) is 0. The third-order valence-electron chi connectivity index (χ3n) is 3.53. The first-order valence-corrected chi connectivity index (χ1v) is 8.17. The molecule has 0 fully saturated rings. The van der Waals surface area contributed by atoms with E-state index in [4.69, 9.17) is 5.73 Å². The average molecular weight is 395 g/mol. The molecule has 11 nitrogen and oxygen atoms in total. The minimum Gasteiger partial charge on any atom is -0.504 e. The predicted octanol–water partition coefficient (Wildman–Crippen LogP) is 1.77. The Labute approximate surface area is 164 Å². The monoisotopic (exact) mass is 395 g/mol. The molecule has 0 radical (unpaired) electrons. The zero-order valence-electron chi connectivity index (χ0n) is 14.9. The third kappa shape index (κ3) is 5.23. The van der Waals surface area contributed by atoms with Crippen LogP contribution in [0.25, 0.3) is 0 Å². The predicted molar refractivity (Wildman–Crippen MR) is 108 cm³/mol. The van der Waals surface area contributed by atoms with Crippen molar-refractivity contribution in [2.45, 2.75) is 0 Å². The van der Waals surface area contributed by atoms with Gasteiger partial charge in [-0.25, -0.2) is 0 Å². The van der Waals surface area contributed by atoms with Gasteiger partial charge in [-0.15, -0.1) is 0 Å². The van der Waals surface area contributed by atoms with E-state index >= 15 is 0 Å². The molecule has 0 saturated carbocycles. The van der Waals surface area contributed by atoms with Crippen molar-refractivity contribution >= 4 is 30.0 Å². The Morgan fingerprint density at radius 1 is 0.690 bits per heavy atom. The van der Waals surface area contributed by atoms with Gasteiger partial charge >= 0.3 is 0 Å². The standard InChI is InChI=1S/C18H17N7O4/c19-18-22-16(24-20-8-10-1-3-12(26)14(28)5-10)7-17(23-18)25-21-9-11-2-4-13(27)15(29)6-11/h1-9,26-29H,(H4,19,22,23,24,25)/b20-8+,21-9+. The molecule has 0 unspecified atom stereocenters. The Morgan fingerprint density at radius 3 is 1.55 bits per heavy atom. The van der Waals surface area contributed by atoms with Crippen LogP contribution in [0.1, 0.15) is 11.1 Å². The van der Waals surface area contributed by atoms with Crippen LogP contribution in [0.2, 0.25) is 0 Å². The van der Waals surface area contributed by atoms with E-state index in [2.05, 4.69) is 31.0 Å². The molecule has 0 aliphatic carbocycles. The zero-order chi connectivity index (χ0) is 20.8. The first-order chi connectivity index (χ1) is 13.9. The van der Waals surface area contributed by atoms with Crippen molar-refractivity contribution < 1.29 is 20.4 Å². The van der Waals surface area contributed by atoms with Crippen molar-refractivity contribution in [3.05, 3.63) is 53.6 Å². The summed E-state index contributed by atoms with van der Waals surface area (Å²) in [5.74, 6) is -0.408. The van der Waals surface area contributed by atoms with Crippen LogP contribution in [-0.4, -0.2) is 42.8 Å². The molecule has 1 aromatic heterocycles. The van der Waals surface area contributed by atoms with Gasteiger partial charge in [0.05, 0.1) is 12.4 Å². The largest absolute Gasteiger partial charge is 0.504 e. The van der Waals surface area contributed by atoms with E-state index in [1.54, 1.807) is 12.1 Å². The van der Waals surface area contributed by atoms with E-state index in [1.807, 2.05) is 0 Å². The van der Waals surface area contributed by atoms with E-state index in [9.17, 15) is 20.4 Å². The number of phenolic OH excluding ortho intramolecular Hbond substituents is 4. The van der Waals surface area contributed by atoms with Crippen LogP contribution in [0.15, 0.2) is 52.7 Å². The number of hydrogen-bond acceptors (Lipinski definition) is 11. The maximum atomic E-state index is 9.47. The second kappa shape index (κ2) is 8.43. The molecule has 0 saturated heterocycles. The molecule has 1 heterocycles. The summed E-state index contributed by atoms with van der Waals surface area (Å²) in [4.78, 5) is 7.97. The molecule has 0 spiro atoms.